The first-order valence-corrected chi connectivity index (χ1v) is 4.25. The smallest absolute Gasteiger partial charge is 0.159 e. The SMILES string of the molecule is CN(C)CCC1OCC(CO)O1. The zero-order valence-electron chi connectivity index (χ0n) is 7.69. The van der Waals surface area contributed by atoms with Crippen LogP contribution in [-0.4, -0.2) is 56.3 Å². The molecule has 4 nitrogen and oxygen atoms in total. The van der Waals surface area contributed by atoms with E-state index in [9.17, 15) is 0 Å². The van der Waals surface area contributed by atoms with E-state index in [1.165, 1.54) is 0 Å². The van der Waals surface area contributed by atoms with E-state index < -0.39 is 0 Å². The molecule has 0 saturated carbocycles. The van der Waals surface area contributed by atoms with E-state index in [2.05, 4.69) is 4.90 Å². The van der Waals surface area contributed by atoms with E-state index in [1.807, 2.05) is 14.1 Å². The molecular formula is C8H17NO3. The molecule has 0 amide bonds. The predicted molar refractivity (Wildman–Crippen MR) is 44.9 cm³/mol. The minimum Gasteiger partial charge on any atom is -0.394 e. The van der Waals surface area contributed by atoms with Gasteiger partial charge in [-0.2, -0.15) is 0 Å². The van der Waals surface area contributed by atoms with Gasteiger partial charge in [0.25, 0.3) is 0 Å². The second-order valence-corrected chi connectivity index (χ2v) is 3.30. The summed E-state index contributed by atoms with van der Waals surface area (Å²) in [5.41, 5.74) is 0. The Hall–Kier alpha value is -0.160. The van der Waals surface area contributed by atoms with Crippen LogP contribution in [0, 0.1) is 0 Å². The molecule has 1 N–H and O–H groups in total. The maximum Gasteiger partial charge on any atom is 0.159 e. The zero-order valence-corrected chi connectivity index (χ0v) is 7.69. The summed E-state index contributed by atoms with van der Waals surface area (Å²) in [6.07, 6.45) is 0.630. The Morgan fingerprint density at radius 1 is 1.50 bits per heavy atom. The average Bonchev–Trinajstić information content (AvgIpc) is 2.48. The summed E-state index contributed by atoms with van der Waals surface area (Å²) in [6, 6.07) is 0. The first-order chi connectivity index (χ1) is 5.72. The second-order valence-electron chi connectivity index (χ2n) is 3.30. The molecule has 2 atom stereocenters. The van der Waals surface area contributed by atoms with Gasteiger partial charge >= 0.3 is 0 Å². The largest absolute Gasteiger partial charge is 0.394 e. The van der Waals surface area contributed by atoms with Crippen LogP contribution in [0.25, 0.3) is 0 Å². The van der Waals surface area contributed by atoms with Gasteiger partial charge in [-0.05, 0) is 14.1 Å². The van der Waals surface area contributed by atoms with Crippen molar-refractivity contribution in [3.8, 4) is 0 Å². The Morgan fingerprint density at radius 2 is 2.25 bits per heavy atom. The maximum absolute atomic E-state index is 8.75. The molecule has 0 radical (unpaired) electrons. The third kappa shape index (κ3) is 3.06. The molecule has 1 saturated heterocycles. The molecule has 0 aromatic rings. The summed E-state index contributed by atoms with van der Waals surface area (Å²) < 4.78 is 10.7. The molecule has 1 aliphatic rings. The highest BCUT2D eigenvalue weighted by atomic mass is 16.7. The number of rotatable bonds is 4. The van der Waals surface area contributed by atoms with Crippen LogP contribution in [0.5, 0.6) is 0 Å². The number of aliphatic hydroxyl groups is 1. The molecule has 0 bridgehead atoms. The van der Waals surface area contributed by atoms with Gasteiger partial charge in [0.1, 0.15) is 6.10 Å². The summed E-state index contributed by atoms with van der Waals surface area (Å²) in [4.78, 5) is 2.08. The van der Waals surface area contributed by atoms with E-state index in [0.29, 0.717) is 6.61 Å². The second kappa shape index (κ2) is 4.77. The van der Waals surface area contributed by atoms with Gasteiger partial charge in [0, 0.05) is 13.0 Å². The summed E-state index contributed by atoms with van der Waals surface area (Å²) in [5.74, 6) is 0. The summed E-state index contributed by atoms with van der Waals surface area (Å²) in [5, 5.41) is 8.75. The summed E-state index contributed by atoms with van der Waals surface area (Å²) in [6.45, 7) is 1.52. The number of ether oxygens (including phenoxy) is 2. The monoisotopic (exact) mass is 175 g/mol. The van der Waals surface area contributed by atoms with Crippen LogP contribution in [0.2, 0.25) is 0 Å². The first-order valence-electron chi connectivity index (χ1n) is 4.25. The van der Waals surface area contributed by atoms with Crippen molar-refractivity contribution in [1.82, 2.24) is 4.90 Å². The van der Waals surface area contributed by atoms with Crippen LogP contribution in [0.4, 0.5) is 0 Å². The standard InChI is InChI=1S/C8H17NO3/c1-9(2)4-3-8-11-6-7(5-10)12-8/h7-8,10H,3-6H2,1-2H3. The Bertz CT molecular complexity index is 129. The zero-order chi connectivity index (χ0) is 8.97. The van der Waals surface area contributed by atoms with Crippen molar-refractivity contribution in [3.63, 3.8) is 0 Å². The highest BCUT2D eigenvalue weighted by Gasteiger charge is 2.24. The normalized spacial score (nSPS) is 30.0. The third-order valence-corrected chi connectivity index (χ3v) is 1.83. The van der Waals surface area contributed by atoms with Crippen molar-refractivity contribution in [1.29, 1.82) is 0 Å². The molecule has 0 aliphatic carbocycles. The van der Waals surface area contributed by atoms with Crippen LogP contribution in [-0.2, 0) is 9.47 Å². The molecule has 12 heavy (non-hydrogen) atoms. The highest BCUT2D eigenvalue weighted by Crippen LogP contribution is 2.13. The van der Waals surface area contributed by atoms with Crippen molar-refractivity contribution < 1.29 is 14.6 Å². The van der Waals surface area contributed by atoms with Crippen LogP contribution in [0.3, 0.4) is 0 Å². The fourth-order valence-electron chi connectivity index (χ4n) is 1.12. The molecule has 0 aromatic heterocycles. The van der Waals surface area contributed by atoms with Gasteiger partial charge in [0.05, 0.1) is 13.2 Å². The van der Waals surface area contributed by atoms with Crippen LogP contribution in [0.1, 0.15) is 6.42 Å². The van der Waals surface area contributed by atoms with Gasteiger partial charge in [-0.1, -0.05) is 0 Å². The molecule has 1 aliphatic heterocycles. The molecule has 1 fully saturated rings. The molecular weight excluding hydrogens is 158 g/mol. The van der Waals surface area contributed by atoms with Gasteiger partial charge < -0.3 is 19.5 Å². The highest BCUT2D eigenvalue weighted by molar-refractivity contribution is 4.64. The Labute approximate surface area is 73.1 Å². The summed E-state index contributed by atoms with van der Waals surface area (Å²) >= 11 is 0. The van der Waals surface area contributed by atoms with E-state index in [-0.39, 0.29) is 19.0 Å². The Kier molecular flexibility index (Phi) is 3.94. The lowest BCUT2D eigenvalue weighted by molar-refractivity contribution is -0.0714. The van der Waals surface area contributed by atoms with Crippen molar-refractivity contribution >= 4 is 0 Å². The number of aliphatic hydroxyl groups excluding tert-OH is 1. The minimum absolute atomic E-state index is 0.0540. The van der Waals surface area contributed by atoms with E-state index in [1.54, 1.807) is 0 Å². The Balaban J connectivity index is 2.11. The third-order valence-electron chi connectivity index (χ3n) is 1.83. The van der Waals surface area contributed by atoms with E-state index >= 15 is 0 Å². The minimum atomic E-state index is -0.121. The van der Waals surface area contributed by atoms with Crippen LogP contribution >= 0.6 is 0 Å². The molecule has 2 unspecified atom stereocenters. The van der Waals surface area contributed by atoms with Gasteiger partial charge in [0.2, 0.25) is 0 Å². The van der Waals surface area contributed by atoms with Crippen LogP contribution < -0.4 is 0 Å². The Morgan fingerprint density at radius 3 is 2.75 bits per heavy atom. The number of hydrogen-bond acceptors (Lipinski definition) is 4. The maximum atomic E-state index is 8.75. The van der Waals surface area contributed by atoms with Crippen molar-refractivity contribution in [2.45, 2.75) is 18.8 Å². The van der Waals surface area contributed by atoms with Crippen LogP contribution in [0.15, 0.2) is 0 Å². The molecule has 72 valence electrons. The lowest BCUT2D eigenvalue weighted by Crippen LogP contribution is -2.21. The fraction of sp³-hybridized carbons (Fsp3) is 1.00. The number of hydrogen-bond donors (Lipinski definition) is 1. The van der Waals surface area contributed by atoms with E-state index in [4.69, 9.17) is 14.6 Å². The van der Waals surface area contributed by atoms with Crippen molar-refractivity contribution in [2.75, 3.05) is 33.9 Å². The quantitative estimate of drug-likeness (QED) is 0.635. The number of nitrogens with zero attached hydrogens (tertiary/aromatic N) is 1. The summed E-state index contributed by atoms with van der Waals surface area (Å²) in [7, 11) is 4.02. The molecule has 1 rings (SSSR count). The van der Waals surface area contributed by atoms with Crippen molar-refractivity contribution in [3.05, 3.63) is 0 Å². The van der Waals surface area contributed by atoms with Gasteiger partial charge in [-0.3, -0.25) is 0 Å². The van der Waals surface area contributed by atoms with Gasteiger partial charge in [0.15, 0.2) is 6.29 Å². The van der Waals surface area contributed by atoms with E-state index in [0.717, 1.165) is 13.0 Å². The molecule has 1 heterocycles. The lowest BCUT2D eigenvalue weighted by atomic mass is 10.4. The fourth-order valence-corrected chi connectivity index (χ4v) is 1.12. The average molecular weight is 175 g/mol. The van der Waals surface area contributed by atoms with Gasteiger partial charge in [-0.25, -0.2) is 0 Å². The molecule has 0 spiro atoms. The first kappa shape index (κ1) is 9.92. The molecule has 4 heteroatoms. The molecule has 0 aromatic carbocycles. The lowest BCUT2D eigenvalue weighted by Gasteiger charge is -2.13. The van der Waals surface area contributed by atoms with Gasteiger partial charge in [-0.15, -0.1) is 0 Å². The van der Waals surface area contributed by atoms with Crippen molar-refractivity contribution in [2.24, 2.45) is 0 Å². The predicted octanol–water partition coefficient (Wildman–Crippen LogP) is -0.328. The topological polar surface area (TPSA) is 41.9 Å².